The van der Waals surface area contributed by atoms with E-state index in [1.54, 1.807) is 6.92 Å². The van der Waals surface area contributed by atoms with Crippen LogP contribution in [0.5, 0.6) is 0 Å². The van der Waals surface area contributed by atoms with Gasteiger partial charge in [0.1, 0.15) is 5.54 Å². The van der Waals surface area contributed by atoms with Gasteiger partial charge in [0.25, 0.3) is 0 Å². The first kappa shape index (κ1) is 15.4. The number of hydrogen-bond donors (Lipinski definition) is 2. The van der Waals surface area contributed by atoms with Crippen LogP contribution in [0.3, 0.4) is 0 Å². The van der Waals surface area contributed by atoms with Gasteiger partial charge in [0, 0.05) is 18.1 Å². The van der Waals surface area contributed by atoms with Crippen LogP contribution in [-0.2, 0) is 4.79 Å². The van der Waals surface area contributed by atoms with Gasteiger partial charge < -0.3 is 10.0 Å². The minimum absolute atomic E-state index is 0.173. The molecule has 18 heavy (non-hydrogen) atoms. The average molecular weight is 256 g/mol. The van der Waals surface area contributed by atoms with E-state index in [-0.39, 0.29) is 12.1 Å². The molecule has 4 nitrogen and oxygen atoms in total. The second-order valence-corrected chi connectivity index (χ2v) is 6.24. The fourth-order valence-electron chi connectivity index (χ4n) is 2.73. The summed E-state index contributed by atoms with van der Waals surface area (Å²) in [6.45, 7) is 7.89. The van der Waals surface area contributed by atoms with Crippen LogP contribution in [0.15, 0.2) is 0 Å². The molecular formula is C14H28N2O2. The van der Waals surface area contributed by atoms with Crippen molar-refractivity contribution in [2.75, 3.05) is 7.05 Å². The van der Waals surface area contributed by atoms with E-state index in [0.717, 1.165) is 0 Å². The maximum atomic E-state index is 11.5. The molecule has 0 amide bonds. The molecule has 0 aliphatic heterocycles. The molecule has 0 aromatic rings. The topological polar surface area (TPSA) is 52.6 Å². The smallest absolute Gasteiger partial charge is 0.323 e. The quantitative estimate of drug-likeness (QED) is 0.732. The van der Waals surface area contributed by atoms with Crippen LogP contribution in [-0.4, -0.2) is 46.7 Å². The molecule has 0 bridgehead atoms. The minimum Gasteiger partial charge on any atom is -0.480 e. The molecule has 1 saturated carbocycles. The zero-order valence-corrected chi connectivity index (χ0v) is 12.4. The van der Waals surface area contributed by atoms with E-state index >= 15 is 0 Å². The average Bonchev–Trinajstić information content (AvgIpc) is 2.12. The Bertz CT molecular complexity index is 290. The van der Waals surface area contributed by atoms with E-state index < -0.39 is 11.5 Å². The highest BCUT2D eigenvalue weighted by molar-refractivity contribution is 5.78. The SMILES string of the molecule is CC(C)NC(C)(CC(C)N(C)C1CCC1)C(=O)O. The molecule has 106 valence electrons. The summed E-state index contributed by atoms with van der Waals surface area (Å²) in [6.07, 6.45) is 4.44. The molecule has 0 spiro atoms. The number of carboxylic acids is 1. The third-order valence-electron chi connectivity index (χ3n) is 4.13. The largest absolute Gasteiger partial charge is 0.480 e. The standard InChI is InChI=1S/C14H28N2O2/c1-10(2)15-14(4,13(17)18)9-11(3)16(5)12-7-6-8-12/h10-12,15H,6-9H2,1-5H3,(H,17,18). The van der Waals surface area contributed by atoms with Crippen molar-refractivity contribution in [3.8, 4) is 0 Å². The minimum atomic E-state index is -0.842. The summed E-state index contributed by atoms with van der Waals surface area (Å²) in [4.78, 5) is 13.8. The molecule has 1 fully saturated rings. The first-order chi connectivity index (χ1) is 8.26. The Labute approximate surface area is 111 Å². The molecule has 4 heteroatoms. The lowest BCUT2D eigenvalue weighted by atomic mass is 9.87. The molecule has 1 rings (SSSR count). The highest BCUT2D eigenvalue weighted by atomic mass is 16.4. The zero-order valence-electron chi connectivity index (χ0n) is 12.4. The molecule has 1 aliphatic rings. The fraction of sp³-hybridized carbons (Fsp3) is 0.929. The van der Waals surface area contributed by atoms with Crippen molar-refractivity contribution in [2.45, 2.75) is 77.0 Å². The van der Waals surface area contributed by atoms with Gasteiger partial charge >= 0.3 is 5.97 Å². The number of carbonyl (C=O) groups is 1. The molecule has 0 saturated heterocycles. The van der Waals surface area contributed by atoms with Crippen molar-refractivity contribution >= 4 is 5.97 Å². The van der Waals surface area contributed by atoms with Crippen molar-refractivity contribution in [1.29, 1.82) is 0 Å². The van der Waals surface area contributed by atoms with Crippen LogP contribution in [0, 0.1) is 0 Å². The van der Waals surface area contributed by atoms with E-state index in [9.17, 15) is 9.90 Å². The summed E-state index contributed by atoms with van der Waals surface area (Å²) in [5.41, 5.74) is -0.842. The van der Waals surface area contributed by atoms with E-state index in [4.69, 9.17) is 0 Å². The van der Waals surface area contributed by atoms with Gasteiger partial charge in [0.2, 0.25) is 0 Å². The van der Waals surface area contributed by atoms with Crippen LogP contribution in [0.25, 0.3) is 0 Å². The molecule has 1 aliphatic carbocycles. The van der Waals surface area contributed by atoms with Crippen molar-refractivity contribution in [1.82, 2.24) is 10.2 Å². The Kier molecular flexibility index (Phi) is 5.17. The Morgan fingerprint density at radius 1 is 1.44 bits per heavy atom. The predicted octanol–water partition coefficient (Wildman–Crippen LogP) is 2.09. The number of hydrogen-bond acceptors (Lipinski definition) is 3. The summed E-state index contributed by atoms with van der Waals surface area (Å²) in [5.74, 6) is -0.759. The predicted molar refractivity (Wildman–Crippen MR) is 73.8 cm³/mol. The van der Waals surface area contributed by atoms with E-state index in [1.807, 2.05) is 13.8 Å². The Morgan fingerprint density at radius 3 is 2.33 bits per heavy atom. The van der Waals surface area contributed by atoms with E-state index in [0.29, 0.717) is 12.5 Å². The monoisotopic (exact) mass is 256 g/mol. The van der Waals surface area contributed by atoms with Crippen LogP contribution in [0.2, 0.25) is 0 Å². The molecule has 2 atom stereocenters. The molecule has 0 radical (unpaired) electrons. The van der Waals surface area contributed by atoms with Crippen LogP contribution in [0.1, 0.15) is 53.4 Å². The first-order valence-corrected chi connectivity index (χ1v) is 6.99. The van der Waals surface area contributed by atoms with Gasteiger partial charge in [0.05, 0.1) is 0 Å². The lowest BCUT2D eigenvalue weighted by Gasteiger charge is -2.41. The zero-order chi connectivity index (χ0) is 13.9. The molecule has 2 N–H and O–H groups in total. The van der Waals surface area contributed by atoms with E-state index in [1.165, 1.54) is 19.3 Å². The Morgan fingerprint density at radius 2 is 2.00 bits per heavy atom. The third kappa shape index (κ3) is 3.69. The molecule has 0 aromatic carbocycles. The molecule has 2 unspecified atom stereocenters. The number of aliphatic carboxylic acids is 1. The highest BCUT2D eigenvalue weighted by Crippen LogP contribution is 2.27. The summed E-state index contributed by atoms with van der Waals surface area (Å²) >= 11 is 0. The second-order valence-electron chi connectivity index (χ2n) is 6.24. The van der Waals surface area contributed by atoms with Gasteiger partial charge in [-0.2, -0.15) is 0 Å². The second kappa shape index (κ2) is 6.02. The van der Waals surface area contributed by atoms with Crippen molar-refractivity contribution in [3.05, 3.63) is 0 Å². The number of nitrogens with zero attached hydrogens (tertiary/aromatic N) is 1. The van der Waals surface area contributed by atoms with Gasteiger partial charge in [0.15, 0.2) is 0 Å². The molecular weight excluding hydrogens is 228 g/mol. The molecule has 0 aromatic heterocycles. The van der Waals surface area contributed by atoms with Crippen LogP contribution >= 0.6 is 0 Å². The van der Waals surface area contributed by atoms with Crippen molar-refractivity contribution in [2.24, 2.45) is 0 Å². The van der Waals surface area contributed by atoms with Crippen LogP contribution in [0.4, 0.5) is 0 Å². The van der Waals surface area contributed by atoms with Gasteiger partial charge in [-0.1, -0.05) is 6.42 Å². The summed E-state index contributed by atoms with van der Waals surface area (Å²) in [5, 5.41) is 12.6. The van der Waals surface area contributed by atoms with Crippen molar-refractivity contribution < 1.29 is 9.90 Å². The number of nitrogens with one attached hydrogen (secondary N) is 1. The number of rotatable bonds is 7. The lowest BCUT2D eigenvalue weighted by Crippen LogP contribution is -2.56. The van der Waals surface area contributed by atoms with Crippen LogP contribution < -0.4 is 5.32 Å². The first-order valence-electron chi connectivity index (χ1n) is 6.99. The fourth-order valence-corrected chi connectivity index (χ4v) is 2.73. The summed E-state index contributed by atoms with van der Waals surface area (Å²) < 4.78 is 0. The highest BCUT2D eigenvalue weighted by Gasteiger charge is 2.37. The maximum Gasteiger partial charge on any atom is 0.323 e. The van der Waals surface area contributed by atoms with Gasteiger partial charge in [-0.3, -0.25) is 10.1 Å². The van der Waals surface area contributed by atoms with E-state index in [2.05, 4.69) is 24.2 Å². The van der Waals surface area contributed by atoms with Crippen molar-refractivity contribution in [3.63, 3.8) is 0 Å². The number of carboxylic acid groups (broad SMARTS) is 1. The normalized spacial score (nSPS) is 21.7. The van der Waals surface area contributed by atoms with Gasteiger partial charge in [-0.25, -0.2) is 0 Å². The third-order valence-corrected chi connectivity index (χ3v) is 4.13. The Balaban J connectivity index is 2.61. The Hall–Kier alpha value is -0.610. The molecule has 0 heterocycles. The summed E-state index contributed by atoms with van der Waals surface area (Å²) in [6, 6.07) is 1.10. The van der Waals surface area contributed by atoms with Gasteiger partial charge in [-0.05, 0) is 54.0 Å². The summed E-state index contributed by atoms with van der Waals surface area (Å²) in [7, 11) is 2.12. The van der Waals surface area contributed by atoms with Gasteiger partial charge in [-0.15, -0.1) is 0 Å². The lowest BCUT2D eigenvalue weighted by molar-refractivity contribution is -0.145. The maximum absolute atomic E-state index is 11.5.